The first kappa shape index (κ1) is 19.6. The maximum absolute atomic E-state index is 11.2. The van der Waals surface area contributed by atoms with E-state index in [0.717, 1.165) is 5.56 Å². The number of amides is 1. The smallest absolute Gasteiger partial charge is 0.259 e. The number of benzene rings is 2. The zero-order valence-corrected chi connectivity index (χ0v) is 15.5. The van der Waals surface area contributed by atoms with Gasteiger partial charge >= 0.3 is 0 Å². The Morgan fingerprint density at radius 2 is 2.04 bits per heavy atom. The summed E-state index contributed by atoms with van der Waals surface area (Å²) in [5, 5.41) is 9.86. The van der Waals surface area contributed by atoms with Gasteiger partial charge < -0.3 is 15.2 Å². The van der Waals surface area contributed by atoms with Crippen molar-refractivity contribution in [2.45, 2.75) is 13.5 Å². The summed E-state index contributed by atoms with van der Waals surface area (Å²) in [6.07, 6.45) is 1.34. The fraction of sp³-hybridized carbons (Fsp3) is 0.158. The molecule has 2 aromatic rings. The Labute approximate surface area is 161 Å². The summed E-state index contributed by atoms with van der Waals surface area (Å²) in [7, 11) is 0. The topological polar surface area (TPSA) is 85.3 Å². The molecule has 7 heteroatoms. The van der Waals surface area contributed by atoms with Crippen molar-refractivity contribution in [3.63, 3.8) is 0 Å². The van der Waals surface area contributed by atoms with E-state index in [-0.39, 0.29) is 17.2 Å². The number of rotatable bonds is 7. The number of nitrogens with two attached hydrogens (primary N) is 1. The van der Waals surface area contributed by atoms with E-state index < -0.39 is 5.91 Å². The van der Waals surface area contributed by atoms with Gasteiger partial charge in [-0.05, 0) is 48.4 Å². The minimum absolute atomic E-state index is 0.184. The van der Waals surface area contributed by atoms with Gasteiger partial charge in [-0.15, -0.1) is 0 Å². The fourth-order valence-corrected chi connectivity index (χ4v) is 2.67. The van der Waals surface area contributed by atoms with Gasteiger partial charge in [0, 0.05) is 5.02 Å². The predicted molar refractivity (Wildman–Crippen MR) is 101 cm³/mol. The molecule has 5 nitrogen and oxygen atoms in total. The highest BCUT2D eigenvalue weighted by Gasteiger charge is 2.14. The number of nitrogens with zero attached hydrogens (tertiary/aromatic N) is 1. The fourth-order valence-electron chi connectivity index (χ4n) is 2.18. The Kier molecular flexibility index (Phi) is 6.90. The molecule has 0 fully saturated rings. The molecule has 2 rings (SSSR count). The third kappa shape index (κ3) is 5.16. The molecule has 0 aromatic heterocycles. The summed E-state index contributed by atoms with van der Waals surface area (Å²) in [5.41, 5.74) is 6.35. The van der Waals surface area contributed by atoms with Crippen LogP contribution in [0.15, 0.2) is 42.0 Å². The van der Waals surface area contributed by atoms with E-state index in [1.54, 1.807) is 30.3 Å². The molecule has 0 bridgehead atoms. The van der Waals surface area contributed by atoms with E-state index >= 15 is 0 Å². The van der Waals surface area contributed by atoms with Gasteiger partial charge in [0.25, 0.3) is 5.91 Å². The number of carbonyl (C=O) groups excluding carboxylic acids is 1. The number of nitriles is 1. The molecule has 0 aliphatic heterocycles. The lowest BCUT2D eigenvalue weighted by molar-refractivity contribution is -0.114. The predicted octanol–water partition coefficient (Wildman–Crippen LogP) is 4.36. The van der Waals surface area contributed by atoms with Gasteiger partial charge in [-0.1, -0.05) is 35.3 Å². The summed E-state index contributed by atoms with van der Waals surface area (Å²) in [6, 6.07) is 12.2. The third-order valence-corrected chi connectivity index (χ3v) is 3.82. The van der Waals surface area contributed by atoms with Crippen LogP contribution in [-0.4, -0.2) is 12.5 Å². The first-order valence-corrected chi connectivity index (χ1v) is 8.45. The minimum Gasteiger partial charge on any atom is -0.490 e. The zero-order valence-electron chi connectivity index (χ0n) is 14.0. The average Bonchev–Trinajstić information content (AvgIpc) is 2.59. The first-order valence-electron chi connectivity index (χ1n) is 7.69. The molecule has 26 heavy (non-hydrogen) atoms. The first-order chi connectivity index (χ1) is 12.4. The second kappa shape index (κ2) is 9.14. The van der Waals surface area contributed by atoms with Crippen molar-refractivity contribution >= 4 is 35.2 Å². The van der Waals surface area contributed by atoms with E-state index in [1.807, 2.05) is 19.1 Å². The van der Waals surface area contributed by atoms with Crippen molar-refractivity contribution in [3.05, 3.63) is 63.1 Å². The van der Waals surface area contributed by atoms with Crippen LogP contribution in [0, 0.1) is 11.3 Å². The van der Waals surface area contributed by atoms with Gasteiger partial charge in [0.05, 0.1) is 11.6 Å². The van der Waals surface area contributed by atoms with Crippen molar-refractivity contribution in [3.8, 4) is 17.6 Å². The molecule has 0 saturated carbocycles. The molecule has 0 aliphatic carbocycles. The lowest BCUT2D eigenvalue weighted by Crippen LogP contribution is -2.12. The highest BCUT2D eigenvalue weighted by molar-refractivity contribution is 6.32. The third-order valence-electron chi connectivity index (χ3n) is 3.30. The molecular formula is C19H16Cl2N2O3. The van der Waals surface area contributed by atoms with E-state index in [9.17, 15) is 4.79 Å². The number of halogens is 2. The van der Waals surface area contributed by atoms with Crippen molar-refractivity contribution in [1.29, 1.82) is 5.26 Å². The lowest BCUT2D eigenvalue weighted by atomic mass is 10.1. The molecule has 2 aromatic carbocycles. The Morgan fingerprint density at radius 3 is 2.65 bits per heavy atom. The Morgan fingerprint density at radius 1 is 1.27 bits per heavy atom. The van der Waals surface area contributed by atoms with Crippen LogP contribution >= 0.6 is 23.2 Å². The second-order valence-electron chi connectivity index (χ2n) is 5.22. The largest absolute Gasteiger partial charge is 0.490 e. The quantitative estimate of drug-likeness (QED) is 0.561. The molecule has 0 heterocycles. The Bertz CT molecular complexity index is 889. The molecule has 0 atom stereocenters. The summed E-state index contributed by atoms with van der Waals surface area (Å²) < 4.78 is 11.4. The van der Waals surface area contributed by atoms with E-state index in [0.29, 0.717) is 28.7 Å². The maximum Gasteiger partial charge on any atom is 0.259 e. The SMILES string of the molecule is CCOc1cc(/C=C(\C#N)C(N)=O)cc(Cl)c1OCc1cccc(Cl)c1. The van der Waals surface area contributed by atoms with E-state index in [2.05, 4.69) is 0 Å². The number of primary amides is 1. The van der Waals surface area contributed by atoms with Gasteiger partial charge in [-0.2, -0.15) is 5.26 Å². The summed E-state index contributed by atoms with van der Waals surface area (Å²) >= 11 is 12.3. The van der Waals surface area contributed by atoms with Crippen LogP contribution in [0.25, 0.3) is 6.08 Å². The van der Waals surface area contributed by atoms with Crippen molar-refractivity contribution < 1.29 is 14.3 Å². The molecule has 0 aliphatic rings. The molecule has 1 amide bonds. The van der Waals surface area contributed by atoms with Crippen molar-refractivity contribution in [1.82, 2.24) is 0 Å². The van der Waals surface area contributed by atoms with Crippen LogP contribution in [-0.2, 0) is 11.4 Å². The van der Waals surface area contributed by atoms with Crippen LogP contribution in [0.3, 0.4) is 0 Å². The summed E-state index contributed by atoms with van der Waals surface area (Å²) in [5.74, 6) is -0.0545. The number of hydrogen-bond donors (Lipinski definition) is 1. The highest BCUT2D eigenvalue weighted by Crippen LogP contribution is 2.38. The lowest BCUT2D eigenvalue weighted by Gasteiger charge is -2.15. The molecule has 0 spiro atoms. The highest BCUT2D eigenvalue weighted by atomic mass is 35.5. The molecule has 134 valence electrons. The van der Waals surface area contributed by atoms with Crippen LogP contribution < -0.4 is 15.2 Å². The Balaban J connectivity index is 2.34. The van der Waals surface area contributed by atoms with Crippen LogP contribution in [0.2, 0.25) is 10.0 Å². The Hall–Kier alpha value is -2.68. The minimum atomic E-state index is -0.817. The average molecular weight is 391 g/mol. The normalized spacial score (nSPS) is 10.9. The van der Waals surface area contributed by atoms with Crippen LogP contribution in [0.1, 0.15) is 18.1 Å². The second-order valence-corrected chi connectivity index (χ2v) is 6.06. The molecule has 0 radical (unpaired) electrons. The van der Waals surface area contributed by atoms with Gasteiger partial charge in [0.15, 0.2) is 11.5 Å². The molecule has 0 saturated heterocycles. The van der Waals surface area contributed by atoms with E-state index in [4.69, 9.17) is 43.7 Å². The van der Waals surface area contributed by atoms with E-state index in [1.165, 1.54) is 6.08 Å². The molecule has 0 unspecified atom stereocenters. The monoisotopic (exact) mass is 390 g/mol. The van der Waals surface area contributed by atoms with Gasteiger partial charge in [0.1, 0.15) is 18.2 Å². The number of hydrogen-bond acceptors (Lipinski definition) is 4. The molecular weight excluding hydrogens is 375 g/mol. The maximum atomic E-state index is 11.2. The van der Waals surface area contributed by atoms with Crippen molar-refractivity contribution in [2.24, 2.45) is 5.73 Å². The van der Waals surface area contributed by atoms with Gasteiger partial charge in [0.2, 0.25) is 0 Å². The number of ether oxygens (including phenoxy) is 2. The molecule has 2 N–H and O–H groups in total. The van der Waals surface area contributed by atoms with Gasteiger partial charge in [-0.25, -0.2) is 0 Å². The van der Waals surface area contributed by atoms with Crippen LogP contribution in [0.4, 0.5) is 0 Å². The zero-order chi connectivity index (χ0) is 19.1. The standard InChI is InChI=1S/C19H16Cl2N2O3/c1-2-25-17-9-13(6-14(10-22)19(23)24)8-16(21)18(17)26-11-12-4-3-5-15(20)7-12/h3-9H,2,11H2,1H3,(H2,23,24)/b14-6+. The number of carbonyl (C=O) groups is 1. The van der Waals surface area contributed by atoms with Gasteiger partial charge in [-0.3, -0.25) is 4.79 Å². The van der Waals surface area contributed by atoms with Crippen LogP contribution in [0.5, 0.6) is 11.5 Å². The van der Waals surface area contributed by atoms with Crippen molar-refractivity contribution in [2.75, 3.05) is 6.61 Å². The summed E-state index contributed by atoms with van der Waals surface area (Å²) in [6.45, 7) is 2.46. The summed E-state index contributed by atoms with van der Waals surface area (Å²) in [4.78, 5) is 11.2.